The SMILES string of the molecule is COCCNCc1cnc(N2CCC(N(C)C)CC2)nc1. The van der Waals surface area contributed by atoms with Crippen LogP contribution in [0.3, 0.4) is 0 Å². The number of nitrogens with one attached hydrogen (secondary N) is 1. The fraction of sp³-hybridized carbons (Fsp3) is 0.733. The molecule has 1 aromatic heterocycles. The van der Waals surface area contributed by atoms with Gasteiger partial charge in [-0.25, -0.2) is 9.97 Å². The second-order valence-electron chi connectivity index (χ2n) is 5.74. The van der Waals surface area contributed by atoms with E-state index in [1.165, 1.54) is 12.8 Å². The van der Waals surface area contributed by atoms with Crippen LogP contribution in [0.2, 0.25) is 0 Å². The third-order valence-corrected chi connectivity index (χ3v) is 3.98. The molecule has 0 aromatic carbocycles. The van der Waals surface area contributed by atoms with Crippen LogP contribution in [0.15, 0.2) is 12.4 Å². The van der Waals surface area contributed by atoms with Crippen LogP contribution in [0.25, 0.3) is 0 Å². The van der Waals surface area contributed by atoms with Gasteiger partial charge in [0.2, 0.25) is 5.95 Å². The van der Waals surface area contributed by atoms with E-state index < -0.39 is 0 Å². The maximum Gasteiger partial charge on any atom is 0.225 e. The Morgan fingerprint density at radius 3 is 2.52 bits per heavy atom. The number of aromatic nitrogens is 2. The highest BCUT2D eigenvalue weighted by molar-refractivity contribution is 5.30. The van der Waals surface area contributed by atoms with Crippen LogP contribution in [-0.2, 0) is 11.3 Å². The molecule has 118 valence electrons. The average molecular weight is 293 g/mol. The van der Waals surface area contributed by atoms with Gasteiger partial charge in [-0.2, -0.15) is 0 Å². The Bertz CT molecular complexity index is 401. The highest BCUT2D eigenvalue weighted by Gasteiger charge is 2.21. The van der Waals surface area contributed by atoms with Gasteiger partial charge in [0, 0.05) is 57.3 Å². The first kappa shape index (κ1) is 16.1. The van der Waals surface area contributed by atoms with Gasteiger partial charge < -0.3 is 19.9 Å². The molecule has 0 atom stereocenters. The van der Waals surface area contributed by atoms with Gasteiger partial charge in [0.15, 0.2) is 0 Å². The Balaban J connectivity index is 1.80. The summed E-state index contributed by atoms with van der Waals surface area (Å²) in [6.45, 7) is 4.42. The lowest BCUT2D eigenvalue weighted by atomic mass is 10.0. The molecule has 1 aromatic rings. The van der Waals surface area contributed by atoms with E-state index in [1.807, 2.05) is 12.4 Å². The van der Waals surface area contributed by atoms with Gasteiger partial charge >= 0.3 is 0 Å². The van der Waals surface area contributed by atoms with Crippen molar-refractivity contribution >= 4 is 5.95 Å². The quantitative estimate of drug-likeness (QED) is 0.749. The maximum atomic E-state index is 5.00. The Morgan fingerprint density at radius 2 is 1.95 bits per heavy atom. The highest BCUT2D eigenvalue weighted by atomic mass is 16.5. The van der Waals surface area contributed by atoms with E-state index in [1.54, 1.807) is 7.11 Å². The van der Waals surface area contributed by atoms with Gasteiger partial charge in [-0.15, -0.1) is 0 Å². The van der Waals surface area contributed by atoms with Crippen LogP contribution >= 0.6 is 0 Å². The first-order valence-electron chi connectivity index (χ1n) is 7.62. The Kier molecular flexibility index (Phi) is 6.35. The number of nitrogens with zero attached hydrogens (tertiary/aromatic N) is 4. The standard InChI is InChI=1S/C15H27N5O/c1-19(2)14-4-7-20(8-5-14)15-17-11-13(12-18-15)10-16-6-9-21-3/h11-12,14,16H,4-10H2,1-3H3. The van der Waals surface area contributed by atoms with Gasteiger partial charge in [-0.3, -0.25) is 0 Å². The predicted molar refractivity (Wildman–Crippen MR) is 84.5 cm³/mol. The van der Waals surface area contributed by atoms with E-state index >= 15 is 0 Å². The number of anilines is 1. The van der Waals surface area contributed by atoms with Gasteiger partial charge in [-0.1, -0.05) is 0 Å². The lowest BCUT2D eigenvalue weighted by Gasteiger charge is -2.35. The molecule has 6 nitrogen and oxygen atoms in total. The smallest absolute Gasteiger partial charge is 0.225 e. The molecular weight excluding hydrogens is 266 g/mol. The van der Waals surface area contributed by atoms with Gasteiger partial charge in [-0.05, 0) is 26.9 Å². The van der Waals surface area contributed by atoms with Crippen molar-refractivity contribution in [3.63, 3.8) is 0 Å². The monoisotopic (exact) mass is 293 g/mol. The molecule has 21 heavy (non-hydrogen) atoms. The van der Waals surface area contributed by atoms with E-state index in [9.17, 15) is 0 Å². The molecule has 2 heterocycles. The minimum atomic E-state index is 0.686. The molecule has 0 spiro atoms. The molecule has 0 bridgehead atoms. The fourth-order valence-corrected chi connectivity index (χ4v) is 2.59. The van der Waals surface area contributed by atoms with Crippen molar-refractivity contribution < 1.29 is 4.74 Å². The lowest BCUT2D eigenvalue weighted by molar-refractivity contribution is 0.199. The third-order valence-electron chi connectivity index (χ3n) is 3.98. The van der Waals surface area contributed by atoms with Crippen LogP contribution in [-0.4, -0.2) is 68.4 Å². The maximum absolute atomic E-state index is 5.00. The largest absolute Gasteiger partial charge is 0.383 e. The molecule has 1 aliphatic rings. The van der Waals surface area contributed by atoms with Crippen molar-refractivity contribution in [3.8, 4) is 0 Å². The van der Waals surface area contributed by atoms with Crippen molar-refractivity contribution in [3.05, 3.63) is 18.0 Å². The zero-order valence-electron chi connectivity index (χ0n) is 13.4. The molecule has 0 saturated carbocycles. The molecular formula is C15H27N5O. The molecule has 1 fully saturated rings. The minimum absolute atomic E-state index is 0.686. The summed E-state index contributed by atoms with van der Waals surface area (Å²) in [7, 11) is 6.02. The Morgan fingerprint density at radius 1 is 1.29 bits per heavy atom. The number of methoxy groups -OCH3 is 1. The fourth-order valence-electron chi connectivity index (χ4n) is 2.59. The summed E-state index contributed by atoms with van der Waals surface area (Å²) in [4.78, 5) is 13.6. The summed E-state index contributed by atoms with van der Waals surface area (Å²) in [6.07, 6.45) is 6.19. The summed E-state index contributed by atoms with van der Waals surface area (Å²) in [5.41, 5.74) is 1.11. The second kappa shape index (κ2) is 8.26. The number of hydrogen-bond acceptors (Lipinski definition) is 6. The van der Waals surface area contributed by atoms with Crippen LogP contribution in [0.5, 0.6) is 0 Å². The van der Waals surface area contributed by atoms with E-state index in [0.717, 1.165) is 44.3 Å². The summed E-state index contributed by atoms with van der Waals surface area (Å²) in [6, 6.07) is 0.686. The van der Waals surface area contributed by atoms with Gasteiger partial charge in [0.1, 0.15) is 0 Å². The molecule has 1 aliphatic heterocycles. The van der Waals surface area contributed by atoms with Gasteiger partial charge in [0.25, 0.3) is 0 Å². The van der Waals surface area contributed by atoms with Gasteiger partial charge in [0.05, 0.1) is 6.61 Å². The number of piperidine rings is 1. The van der Waals surface area contributed by atoms with E-state index in [2.05, 4.69) is 39.2 Å². The molecule has 0 radical (unpaired) electrons. The van der Waals surface area contributed by atoms with E-state index in [4.69, 9.17) is 4.74 Å². The third kappa shape index (κ3) is 4.91. The van der Waals surface area contributed by atoms with Crippen LogP contribution in [0.4, 0.5) is 5.95 Å². The minimum Gasteiger partial charge on any atom is -0.383 e. The van der Waals surface area contributed by atoms with E-state index in [-0.39, 0.29) is 0 Å². The molecule has 1 saturated heterocycles. The van der Waals surface area contributed by atoms with Crippen LogP contribution in [0.1, 0.15) is 18.4 Å². The molecule has 6 heteroatoms. The lowest BCUT2D eigenvalue weighted by Crippen LogP contribution is -2.42. The Labute approximate surface area is 127 Å². The number of ether oxygens (including phenoxy) is 1. The topological polar surface area (TPSA) is 53.5 Å². The highest BCUT2D eigenvalue weighted by Crippen LogP contribution is 2.18. The molecule has 2 rings (SSSR count). The normalized spacial score (nSPS) is 16.7. The first-order chi connectivity index (χ1) is 10.2. The van der Waals surface area contributed by atoms with Crippen molar-refractivity contribution in [1.82, 2.24) is 20.2 Å². The molecule has 0 aliphatic carbocycles. The van der Waals surface area contributed by atoms with Crippen LogP contribution in [0, 0.1) is 0 Å². The average Bonchev–Trinajstić information content (AvgIpc) is 2.52. The number of hydrogen-bond donors (Lipinski definition) is 1. The molecule has 0 unspecified atom stereocenters. The predicted octanol–water partition coefficient (Wildman–Crippen LogP) is 0.743. The zero-order valence-corrected chi connectivity index (χ0v) is 13.4. The summed E-state index contributed by atoms with van der Waals surface area (Å²) < 4.78 is 5.00. The zero-order chi connectivity index (χ0) is 15.1. The molecule has 1 N–H and O–H groups in total. The van der Waals surface area contributed by atoms with Crippen molar-refractivity contribution in [2.75, 3.05) is 52.3 Å². The van der Waals surface area contributed by atoms with Crippen LogP contribution < -0.4 is 10.2 Å². The summed E-state index contributed by atoms with van der Waals surface area (Å²) in [5, 5.41) is 3.30. The molecule has 0 amide bonds. The van der Waals surface area contributed by atoms with Crippen molar-refractivity contribution in [2.24, 2.45) is 0 Å². The number of rotatable bonds is 7. The van der Waals surface area contributed by atoms with Crippen molar-refractivity contribution in [2.45, 2.75) is 25.4 Å². The first-order valence-corrected chi connectivity index (χ1v) is 7.62. The summed E-state index contributed by atoms with van der Waals surface area (Å²) >= 11 is 0. The van der Waals surface area contributed by atoms with E-state index in [0.29, 0.717) is 6.04 Å². The summed E-state index contributed by atoms with van der Waals surface area (Å²) in [5.74, 6) is 0.854. The van der Waals surface area contributed by atoms with Crippen molar-refractivity contribution in [1.29, 1.82) is 0 Å². The second-order valence-corrected chi connectivity index (χ2v) is 5.74. The Hall–Kier alpha value is -1.24.